The zero-order valence-corrected chi connectivity index (χ0v) is 20.2. The van der Waals surface area contributed by atoms with Crippen LogP contribution in [0.5, 0.6) is 0 Å². The second-order valence-corrected chi connectivity index (χ2v) is 10.9. The summed E-state index contributed by atoms with van der Waals surface area (Å²) in [4.78, 5) is 9.27. The van der Waals surface area contributed by atoms with Gasteiger partial charge in [0.2, 0.25) is 0 Å². The van der Waals surface area contributed by atoms with Crippen molar-refractivity contribution in [1.82, 2.24) is 20.4 Å². The summed E-state index contributed by atoms with van der Waals surface area (Å²) in [5.74, 6) is 0.0963. The summed E-state index contributed by atoms with van der Waals surface area (Å²) >= 11 is 0. The van der Waals surface area contributed by atoms with E-state index in [0.717, 1.165) is 16.8 Å². The lowest BCUT2D eigenvalue weighted by molar-refractivity contribution is 0.434. The van der Waals surface area contributed by atoms with Crippen molar-refractivity contribution in [2.75, 3.05) is 7.05 Å². The molecule has 0 bridgehead atoms. The minimum Gasteiger partial charge on any atom is -0.356 e. The number of pyridine rings is 2. The van der Waals surface area contributed by atoms with Gasteiger partial charge >= 0.3 is 0 Å². The van der Waals surface area contributed by atoms with Gasteiger partial charge in [-0.3, -0.25) is 19.1 Å². The van der Waals surface area contributed by atoms with Crippen LogP contribution in [0.4, 0.5) is 4.39 Å². The third kappa shape index (κ3) is 4.74. The van der Waals surface area contributed by atoms with E-state index < -0.39 is 10.6 Å². The Kier molecular flexibility index (Phi) is 6.81. The molecule has 180 valence electrons. The van der Waals surface area contributed by atoms with E-state index in [1.807, 2.05) is 26.1 Å². The summed E-state index contributed by atoms with van der Waals surface area (Å²) < 4.78 is 40.9. The van der Waals surface area contributed by atoms with Gasteiger partial charge in [0.1, 0.15) is 11.5 Å². The Balaban J connectivity index is 0.00000342. The molecule has 0 aliphatic heterocycles. The van der Waals surface area contributed by atoms with Gasteiger partial charge in [0.15, 0.2) is 5.76 Å². The number of nitrogens with one attached hydrogen (secondary N) is 1. The molecule has 1 aromatic carbocycles. The molecule has 4 aromatic rings. The first-order chi connectivity index (χ1) is 16.2. The molecule has 3 heterocycles. The highest BCUT2D eigenvalue weighted by Gasteiger charge is 2.21. The summed E-state index contributed by atoms with van der Waals surface area (Å²) in [7, 11) is -1.09. The highest BCUT2D eigenvalue weighted by atomic mass is 32.3. The van der Waals surface area contributed by atoms with E-state index in [9.17, 15) is 13.5 Å². The molecular formula is C25H29FN4O3S. The molecule has 34 heavy (non-hydrogen) atoms. The lowest BCUT2D eigenvalue weighted by Crippen LogP contribution is -2.10. The number of nitrogens with zero attached hydrogens (tertiary/aromatic N) is 3. The molecule has 0 amide bonds. The van der Waals surface area contributed by atoms with E-state index in [4.69, 9.17) is 4.52 Å². The summed E-state index contributed by atoms with van der Waals surface area (Å²) in [5.41, 5.74) is 4.39. The van der Waals surface area contributed by atoms with Gasteiger partial charge in [0.25, 0.3) is 0 Å². The van der Waals surface area contributed by atoms with E-state index in [1.165, 1.54) is 12.3 Å². The van der Waals surface area contributed by atoms with E-state index in [0.29, 0.717) is 39.7 Å². The minimum atomic E-state index is -2.90. The molecule has 0 radical (unpaired) electrons. The minimum absolute atomic E-state index is 0. The summed E-state index contributed by atoms with van der Waals surface area (Å²) in [5, 5.41) is 6.76. The molecule has 0 saturated carbocycles. The Hall–Kier alpha value is -3.11. The van der Waals surface area contributed by atoms with E-state index in [2.05, 4.69) is 20.4 Å². The van der Waals surface area contributed by atoms with Crippen LogP contribution in [0.25, 0.3) is 33.8 Å². The zero-order valence-electron chi connectivity index (χ0n) is 19.4. The SMILES string of the molecule is CNCc1ccc(-c2cc(-c3cc(-c4ccc(S(O)(O)C(C)C)cn4)cnc3C)on2)c(F)c1.[HH]. The number of rotatable bonds is 7. The lowest BCUT2D eigenvalue weighted by atomic mass is 10.0. The number of aryl methyl sites for hydroxylation is 1. The largest absolute Gasteiger partial charge is 0.356 e. The maximum absolute atomic E-state index is 14.6. The van der Waals surface area contributed by atoms with Crippen molar-refractivity contribution >= 4 is 10.6 Å². The summed E-state index contributed by atoms with van der Waals surface area (Å²) in [6.45, 7) is 5.94. The predicted molar refractivity (Wildman–Crippen MR) is 134 cm³/mol. The van der Waals surface area contributed by atoms with Crippen LogP contribution in [0, 0.1) is 12.7 Å². The monoisotopic (exact) mass is 484 g/mol. The molecule has 3 N–H and O–H groups in total. The van der Waals surface area contributed by atoms with Crippen LogP contribution in [-0.4, -0.2) is 36.5 Å². The quantitative estimate of drug-likeness (QED) is 0.279. The molecule has 0 atom stereocenters. The fourth-order valence-electron chi connectivity index (χ4n) is 3.53. The van der Waals surface area contributed by atoms with Crippen LogP contribution in [0.3, 0.4) is 0 Å². The summed E-state index contributed by atoms with van der Waals surface area (Å²) in [6, 6.07) is 12.0. The lowest BCUT2D eigenvalue weighted by Gasteiger charge is -2.36. The topological polar surface area (TPSA) is 104 Å². The van der Waals surface area contributed by atoms with Crippen molar-refractivity contribution in [2.24, 2.45) is 0 Å². The number of hydrogen-bond acceptors (Lipinski definition) is 7. The van der Waals surface area contributed by atoms with Crippen molar-refractivity contribution in [3.63, 3.8) is 0 Å². The van der Waals surface area contributed by atoms with Gasteiger partial charge in [-0.2, -0.15) is 10.6 Å². The average Bonchev–Trinajstić information content (AvgIpc) is 3.29. The summed E-state index contributed by atoms with van der Waals surface area (Å²) in [6.07, 6.45) is 3.18. The van der Waals surface area contributed by atoms with Gasteiger partial charge in [-0.25, -0.2) is 4.39 Å². The fourth-order valence-corrected chi connectivity index (χ4v) is 4.55. The standard InChI is InChI=1S/C25H27FN4O3S.H2/c1-15(2)34(31,32)19-6-8-23(29-14-19)18-10-21(16(3)28-13-18)25-11-24(30-33-25)20-7-5-17(12-27-4)9-22(20)26;/h5-11,13-15,27,31-32H,12H2,1-4H3;1H. The van der Waals surface area contributed by atoms with Crippen molar-refractivity contribution < 1.29 is 19.4 Å². The van der Waals surface area contributed by atoms with E-state index in [-0.39, 0.29) is 12.5 Å². The molecule has 0 spiro atoms. The van der Waals surface area contributed by atoms with Gasteiger partial charge in [-0.1, -0.05) is 11.2 Å². The predicted octanol–water partition coefficient (Wildman–Crippen LogP) is 6.40. The van der Waals surface area contributed by atoms with Gasteiger partial charge < -0.3 is 9.84 Å². The number of halogens is 1. The number of hydrogen-bond donors (Lipinski definition) is 3. The maximum Gasteiger partial charge on any atom is 0.169 e. The highest BCUT2D eigenvalue weighted by molar-refractivity contribution is 8.24. The van der Waals surface area contributed by atoms with Gasteiger partial charge in [0.05, 0.1) is 16.8 Å². The molecule has 0 aliphatic rings. The number of aromatic nitrogens is 3. The molecule has 0 fully saturated rings. The molecule has 0 saturated heterocycles. The molecule has 3 aromatic heterocycles. The first-order valence-electron chi connectivity index (χ1n) is 10.8. The third-order valence-electron chi connectivity index (χ3n) is 5.59. The molecular weight excluding hydrogens is 455 g/mol. The maximum atomic E-state index is 14.6. The van der Waals surface area contributed by atoms with Crippen LogP contribution >= 0.6 is 10.6 Å². The molecule has 9 heteroatoms. The molecule has 0 aliphatic carbocycles. The second-order valence-electron chi connectivity index (χ2n) is 8.30. The van der Waals surface area contributed by atoms with Crippen LogP contribution in [0.2, 0.25) is 0 Å². The molecule has 7 nitrogen and oxygen atoms in total. The van der Waals surface area contributed by atoms with Crippen molar-refractivity contribution in [3.8, 4) is 33.8 Å². The van der Waals surface area contributed by atoms with Crippen molar-refractivity contribution in [2.45, 2.75) is 37.5 Å². The molecule has 0 unspecified atom stereocenters. The highest BCUT2D eigenvalue weighted by Crippen LogP contribution is 2.52. The Morgan fingerprint density at radius 3 is 2.47 bits per heavy atom. The van der Waals surface area contributed by atoms with Crippen LogP contribution in [0.1, 0.15) is 26.5 Å². The Bertz CT molecular complexity index is 1310. The normalized spacial score (nSPS) is 12.4. The average molecular weight is 485 g/mol. The zero-order chi connectivity index (χ0) is 24.5. The van der Waals surface area contributed by atoms with Gasteiger partial charge in [-0.15, -0.1) is 0 Å². The Labute approximate surface area is 200 Å². The van der Waals surface area contributed by atoms with Gasteiger partial charge in [-0.05, 0) is 63.7 Å². The van der Waals surface area contributed by atoms with Gasteiger partial charge in [0, 0.05) is 47.9 Å². The van der Waals surface area contributed by atoms with E-state index in [1.54, 1.807) is 44.3 Å². The third-order valence-corrected chi connectivity index (χ3v) is 7.84. The fraction of sp³-hybridized carbons (Fsp3) is 0.240. The first-order valence-corrected chi connectivity index (χ1v) is 12.4. The van der Waals surface area contributed by atoms with Crippen molar-refractivity contribution in [3.05, 3.63) is 71.9 Å². The van der Waals surface area contributed by atoms with Crippen LogP contribution < -0.4 is 5.32 Å². The van der Waals surface area contributed by atoms with E-state index >= 15 is 0 Å². The Morgan fingerprint density at radius 1 is 1.03 bits per heavy atom. The van der Waals surface area contributed by atoms with Crippen LogP contribution in [-0.2, 0) is 6.54 Å². The first kappa shape index (κ1) is 24.0. The smallest absolute Gasteiger partial charge is 0.169 e. The van der Waals surface area contributed by atoms with Crippen LogP contribution in [0.15, 0.2) is 64.3 Å². The second kappa shape index (κ2) is 9.63. The molecule has 4 rings (SSSR count). The van der Waals surface area contributed by atoms with Crippen molar-refractivity contribution in [1.29, 1.82) is 0 Å². The Morgan fingerprint density at radius 2 is 1.82 bits per heavy atom. The number of benzene rings is 1.